The number of nitrogens with one attached hydrogen (secondary N) is 1. The number of rotatable bonds is 4. The van der Waals surface area contributed by atoms with Crippen LogP contribution in [0.3, 0.4) is 0 Å². The van der Waals surface area contributed by atoms with Crippen molar-refractivity contribution in [2.75, 3.05) is 19.6 Å². The first kappa shape index (κ1) is 13.5. The molecule has 4 heteroatoms. The Morgan fingerprint density at radius 1 is 1.50 bits per heavy atom. The highest BCUT2D eigenvalue weighted by molar-refractivity contribution is 5.77. The number of hydrogen-bond acceptors (Lipinski definition) is 3. The highest BCUT2D eigenvalue weighted by Crippen LogP contribution is 2.20. The van der Waals surface area contributed by atoms with Crippen LogP contribution >= 0.6 is 0 Å². The van der Waals surface area contributed by atoms with Gasteiger partial charge in [-0.1, -0.05) is 20.3 Å². The predicted octanol–water partition coefficient (Wildman–Crippen LogP) is 1.12. The van der Waals surface area contributed by atoms with Crippen molar-refractivity contribution < 1.29 is 4.79 Å². The highest BCUT2D eigenvalue weighted by atomic mass is 16.2. The van der Waals surface area contributed by atoms with Crippen LogP contribution in [0.2, 0.25) is 0 Å². The van der Waals surface area contributed by atoms with Crippen molar-refractivity contribution in [2.45, 2.75) is 39.5 Å². The molecule has 0 aromatic rings. The number of carbonyl (C=O) groups is 1. The van der Waals surface area contributed by atoms with Gasteiger partial charge in [0.1, 0.15) is 0 Å². The Labute approximate surface area is 98.5 Å². The topological polar surface area (TPSA) is 58.4 Å². The van der Waals surface area contributed by atoms with E-state index < -0.39 is 0 Å². The maximum Gasteiger partial charge on any atom is 0.237 e. The lowest BCUT2D eigenvalue weighted by Gasteiger charge is -2.23. The largest absolute Gasteiger partial charge is 0.303 e. The van der Waals surface area contributed by atoms with Gasteiger partial charge < -0.3 is 4.90 Å². The zero-order chi connectivity index (χ0) is 12.0. The van der Waals surface area contributed by atoms with Crippen molar-refractivity contribution in [3.05, 3.63) is 0 Å². The van der Waals surface area contributed by atoms with E-state index in [9.17, 15) is 4.79 Å². The minimum Gasteiger partial charge on any atom is -0.303 e. The second-order valence-corrected chi connectivity index (χ2v) is 4.92. The van der Waals surface area contributed by atoms with E-state index in [-0.39, 0.29) is 11.8 Å². The molecular formula is C12H25N3O. The molecule has 0 aromatic carbocycles. The van der Waals surface area contributed by atoms with Crippen molar-refractivity contribution in [2.24, 2.45) is 17.7 Å². The van der Waals surface area contributed by atoms with Gasteiger partial charge in [-0.2, -0.15) is 0 Å². The number of nitrogens with zero attached hydrogens (tertiary/aromatic N) is 1. The summed E-state index contributed by atoms with van der Waals surface area (Å²) in [6.45, 7) is 7.29. The summed E-state index contributed by atoms with van der Waals surface area (Å²) >= 11 is 0. The molecule has 0 saturated carbocycles. The van der Waals surface area contributed by atoms with Gasteiger partial charge in [0, 0.05) is 12.5 Å². The van der Waals surface area contributed by atoms with Crippen molar-refractivity contribution >= 4 is 5.91 Å². The number of hydrazine groups is 1. The third-order valence-corrected chi connectivity index (χ3v) is 3.64. The molecule has 0 radical (unpaired) electrons. The van der Waals surface area contributed by atoms with Gasteiger partial charge in [-0.25, -0.2) is 5.84 Å². The Hall–Kier alpha value is -0.610. The molecule has 0 bridgehead atoms. The Balaban J connectivity index is 2.34. The van der Waals surface area contributed by atoms with Crippen LogP contribution in [0.1, 0.15) is 39.5 Å². The Bertz CT molecular complexity index is 220. The lowest BCUT2D eigenvalue weighted by molar-refractivity contribution is -0.125. The Morgan fingerprint density at radius 2 is 2.25 bits per heavy atom. The normalized spacial score (nSPS) is 24.8. The zero-order valence-corrected chi connectivity index (χ0v) is 10.5. The van der Waals surface area contributed by atoms with Crippen LogP contribution in [0.25, 0.3) is 0 Å². The van der Waals surface area contributed by atoms with E-state index >= 15 is 0 Å². The van der Waals surface area contributed by atoms with Crippen LogP contribution in [-0.2, 0) is 4.79 Å². The van der Waals surface area contributed by atoms with Crippen LogP contribution in [0, 0.1) is 11.8 Å². The van der Waals surface area contributed by atoms with Gasteiger partial charge >= 0.3 is 0 Å². The number of amides is 1. The first-order valence-electron chi connectivity index (χ1n) is 6.40. The van der Waals surface area contributed by atoms with Gasteiger partial charge in [-0.15, -0.1) is 0 Å². The Morgan fingerprint density at radius 3 is 2.88 bits per heavy atom. The number of carbonyl (C=O) groups excluding carboxylic acids is 1. The van der Waals surface area contributed by atoms with E-state index in [1.165, 1.54) is 25.7 Å². The van der Waals surface area contributed by atoms with Gasteiger partial charge in [-0.05, 0) is 38.3 Å². The van der Waals surface area contributed by atoms with E-state index in [0.29, 0.717) is 0 Å². The minimum atomic E-state index is -0.0590. The molecule has 1 amide bonds. The fraction of sp³-hybridized carbons (Fsp3) is 0.917. The standard InChI is InChI=1S/C12H25N3O/c1-3-11-5-4-7-15(8-6-11)9-10(2)12(16)14-13/h10-11H,3-9,13H2,1-2H3,(H,14,16). The summed E-state index contributed by atoms with van der Waals surface area (Å²) in [5.74, 6) is 5.94. The quantitative estimate of drug-likeness (QED) is 0.430. The monoisotopic (exact) mass is 227 g/mol. The molecule has 2 unspecified atom stereocenters. The van der Waals surface area contributed by atoms with Gasteiger partial charge in [0.15, 0.2) is 0 Å². The summed E-state index contributed by atoms with van der Waals surface area (Å²) < 4.78 is 0. The Kier molecular flexibility index (Phi) is 5.77. The van der Waals surface area contributed by atoms with E-state index in [1.54, 1.807) is 0 Å². The SMILES string of the molecule is CCC1CCCN(CC(C)C(=O)NN)CC1. The van der Waals surface area contributed by atoms with Gasteiger partial charge in [0.2, 0.25) is 5.91 Å². The number of hydrogen-bond donors (Lipinski definition) is 2. The first-order chi connectivity index (χ1) is 7.67. The zero-order valence-electron chi connectivity index (χ0n) is 10.5. The smallest absolute Gasteiger partial charge is 0.237 e. The second-order valence-electron chi connectivity index (χ2n) is 4.92. The van der Waals surface area contributed by atoms with Crippen molar-refractivity contribution in [3.8, 4) is 0 Å². The molecule has 1 aliphatic heterocycles. The molecule has 1 rings (SSSR count). The molecule has 1 aliphatic rings. The average Bonchev–Trinajstić information content (AvgIpc) is 2.53. The van der Waals surface area contributed by atoms with Crippen molar-refractivity contribution in [3.63, 3.8) is 0 Å². The number of likely N-dealkylation sites (tertiary alicyclic amines) is 1. The molecule has 4 nitrogen and oxygen atoms in total. The van der Waals surface area contributed by atoms with E-state index in [2.05, 4.69) is 17.2 Å². The molecule has 0 aromatic heterocycles. The second kappa shape index (κ2) is 6.86. The molecule has 0 aliphatic carbocycles. The summed E-state index contributed by atoms with van der Waals surface area (Å²) in [7, 11) is 0. The van der Waals surface area contributed by atoms with E-state index in [1.807, 2.05) is 6.92 Å². The fourth-order valence-electron chi connectivity index (χ4n) is 2.43. The van der Waals surface area contributed by atoms with Crippen LogP contribution in [-0.4, -0.2) is 30.4 Å². The third-order valence-electron chi connectivity index (χ3n) is 3.64. The molecule has 2 atom stereocenters. The van der Waals surface area contributed by atoms with Gasteiger partial charge in [-0.3, -0.25) is 10.2 Å². The minimum absolute atomic E-state index is 0.0109. The van der Waals surface area contributed by atoms with E-state index in [4.69, 9.17) is 5.84 Å². The van der Waals surface area contributed by atoms with Crippen LogP contribution in [0.5, 0.6) is 0 Å². The van der Waals surface area contributed by atoms with Crippen LogP contribution in [0.15, 0.2) is 0 Å². The van der Waals surface area contributed by atoms with Crippen molar-refractivity contribution in [1.82, 2.24) is 10.3 Å². The predicted molar refractivity (Wildman–Crippen MR) is 65.6 cm³/mol. The van der Waals surface area contributed by atoms with Crippen LogP contribution < -0.4 is 11.3 Å². The lowest BCUT2D eigenvalue weighted by Crippen LogP contribution is -2.40. The summed E-state index contributed by atoms with van der Waals surface area (Å²) in [4.78, 5) is 13.7. The summed E-state index contributed by atoms with van der Waals surface area (Å²) in [6, 6.07) is 0. The molecule has 94 valence electrons. The molecule has 16 heavy (non-hydrogen) atoms. The molecular weight excluding hydrogens is 202 g/mol. The lowest BCUT2D eigenvalue weighted by atomic mass is 9.98. The van der Waals surface area contributed by atoms with Crippen molar-refractivity contribution in [1.29, 1.82) is 0 Å². The highest BCUT2D eigenvalue weighted by Gasteiger charge is 2.19. The van der Waals surface area contributed by atoms with Crippen LogP contribution in [0.4, 0.5) is 0 Å². The van der Waals surface area contributed by atoms with Gasteiger partial charge in [0.25, 0.3) is 0 Å². The molecule has 1 saturated heterocycles. The molecule has 3 N–H and O–H groups in total. The molecule has 1 fully saturated rings. The maximum absolute atomic E-state index is 11.3. The number of nitrogens with two attached hydrogens (primary N) is 1. The maximum atomic E-state index is 11.3. The first-order valence-corrected chi connectivity index (χ1v) is 6.40. The van der Waals surface area contributed by atoms with E-state index in [0.717, 1.165) is 25.6 Å². The summed E-state index contributed by atoms with van der Waals surface area (Å²) in [6.07, 6.45) is 5.15. The fourth-order valence-corrected chi connectivity index (χ4v) is 2.43. The van der Waals surface area contributed by atoms with Gasteiger partial charge in [0.05, 0.1) is 0 Å². The molecule has 0 spiro atoms. The molecule has 1 heterocycles. The summed E-state index contributed by atoms with van der Waals surface area (Å²) in [5, 5.41) is 0. The average molecular weight is 227 g/mol. The third kappa shape index (κ3) is 4.10. The summed E-state index contributed by atoms with van der Waals surface area (Å²) in [5.41, 5.74) is 2.22.